The van der Waals surface area contributed by atoms with Gasteiger partial charge < -0.3 is 0 Å². The van der Waals surface area contributed by atoms with Gasteiger partial charge in [-0.1, -0.05) is 0 Å². The van der Waals surface area contributed by atoms with Crippen LogP contribution in [0.25, 0.3) is 0 Å². The predicted molar refractivity (Wildman–Crippen MR) is 87.9 cm³/mol. The van der Waals surface area contributed by atoms with Crippen molar-refractivity contribution in [2.75, 3.05) is 6.54 Å². The van der Waals surface area contributed by atoms with Crippen molar-refractivity contribution in [1.82, 2.24) is 0 Å². The van der Waals surface area contributed by atoms with Crippen molar-refractivity contribution in [3.05, 3.63) is 12.2 Å². The molecule has 1 nitrogen and oxygen atoms in total. The SMILES string of the molecule is C=C(CN)[CH2][Sn]([CH2]CCC)([CH2]CCC)[CH2]CCC. The van der Waals surface area contributed by atoms with Crippen LogP contribution in [0.3, 0.4) is 0 Å². The summed E-state index contributed by atoms with van der Waals surface area (Å²) in [6.07, 6.45) is 8.40. The molecule has 0 aliphatic rings. The van der Waals surface area contributed by atoms with E-state index in [0.717, 1.165) is 0 Å². The van der Waals surface area contributed by atoms with E-state index in [0.29, 0.717) is 6.54 Å². The van der Waals surface area contributed by atoms with Gasteiger partial charge in [-0.2, -0.15) is 0 Å². The average Bonchev–Trinajstić information content (AvgIpc) is 2.40. The standard InChI is InChI=1S/C4H8N.3C4H9.Sn/c1-4(2)3-5;3*1-3-4-2;/h1-3,5H2;3*1,3-4H2,2H3;. The van der Waals surface area contributed by atoms with Gasteiger partial charge in [0.1, 0.15) is 0 Å². The topological polar surface area (TPSA) is 26.0 Å². The Kier molecular flexibility index (Phi) is 11.6. The molecule has 2 heteroatoms. The summed E-state index contributed by atoms with van der Waals surface area (Å²) in [5.74, 6) is 0. The second-order valence-electron chi connectivity index (χ2n) is 5.94. The van der Waals surface area contributed by atoms with Gasteiger partial charge in [-0.15, -0.1) is 0 Å². The zero-order chi connectivity index (χ0) is 13.9. The zero-order valence-corrected chi connectivity index (χ0v) is 15.9. The van der Waals surface area contributed by atoms with E-state index in [1.807, 2.05) is 0 Å². The molecule has 0 fully saturated rings. The normalized spacial score (nSPS) is 11.8. The Morgan fingerprint density at radius 2 is 1.28 bits per heavy atom. The first-order valence-corrected chi connectivity index (χ1v) is 16.1. The van der Waals surface area contributed by atoms with Crippen molar-refractivity contribution in [2.24, 2.45) is 5.73 Å². The molecule has 0 aliphatic carbocycles. The van der Waals surface area contributed by atoms with Crippen molar-refractivity contribution in [2.45, 2.75) is 77.0 Å². The summed E-state index contributed by atoms with van der Waals surface area (Å²) >= 11 is -1.95. The number of hydrogen-bond donors (Lipinski definition) is 1. The molecule has 0 rings (SSSR count). The summed E-state index contributed by atoms with van der Waals surface area (Å²) in [6, 6.07) is 0. The molecule has 2 N–H and O–H groups in total. The number of unbranched alkanes of at least 4 members (excludes halogenated alkanes) is 3. The van der Waals surface area contributed by atoms with Gasteiger partial charge in [0.25, 0.3) is 0 Å². The van der Waals surface area contributed by atoms with E-state index in [1.165, 1.54) is 48.5 Å². The molecule has 0 aromatic heterocycles. The van der Waals surface area contributed by atoms with Crippen LogP contribution in [0.4, 0.5) is 0 Å². The molecule has 0 unspecified atom stereocenters. The predicted octanol–water partition coefficient (Wildman–Crippen LogP) is 5.35. The summed E-state index contributed by atoms with van der Waals surface area (Å²) in [5.41, 5.74) is 7.14. The van der Waals surface area contributed by atoms with Crippen molar-refractivity contribution in [3.8, 4) is 0 Å². The van der Waals surface area contributed by atoms with Crippen LogP contribution in [0.1, 0.15) is 59.3 Å². The fraction of sp³-hybridized carbons (Fsp3) is 0.875. The van der Waals surface area contributed by atoms with E-state index in [9.17, 15) is 0 Å². The molecule has 0 spiro atoms. The van der Waals surface area contributed by atoms with Crippen LogP contribution >= 0.6 is 0 Å². The van der Waals surface area contributed by atoms with E-state index in [4.69, 9.17) is 5.73 Å². The third kappa shape index (κ3) is 7.83. The molecule has 0 bridgehead atoms. The van der Waals surface area contributed by atoms with Gasteiger partial charge in [0.2, 0.25) is 0 Å². The summed E-state index contributed by atoms with van der Waals surface area (Å²) in [7, 11) is 0. The summed E-state index contributed by atoms with van der Waals surface area (Å²) < 4.78 is 6.09. The fourth-order valence-electron chi connectivity index (χ4n) is 2.90. The fourth-order valence-corrected chi connectivity index (χ4v) is 19.4. The molecule has 0 aromatic rings. The summed E-state index contributed by atoms with van der Waals surface area (Å²) in [5, 5.41) is 0. The molecule has 0 saturated carbocycles. The van der Waals surface area contributed by atoms with Crippen molar-refractivity contribution < 1.29 is 0 Å². The van der Waals surface area contributed by atoms with E-state index >= 15 is 0 Å². The Morgan fingerprint density at radius 3 is 1.56 bits per heavy atom. The zero-order valence-electron chi connectivity index (χ0n) is 13.1. The Hall–Kier alpha value is 0.499. The monoisotopic (exact) mass is 361 g/mol. The first-order valence-electron chi connectivity index (χ1n) is 8.00. The van der Waals surface area contributed by atoms with Gasteiger partial charge in [0.15, 0.2) is 0 Å². The van der Waals surface area contributed by atoms with Crippen molar-refractivity contribution >= 4 is 18.4 Å². The van der Waals surface area contributed by atoms with E-state index < -0.39 is 18.4 Å². The van der Waals surface area contributed by atoms with Crippen molar-refractivity contribution in [1.29, 1.82) is 0 Å². The molecule has 0 amide bonds. The van der Waals surface area contributed by atoms with Crippen LogP contribution in [0.15, 0.2) is 12.2 Å². The quantitative estimate of drug-likeness (QED) is 0.369. The van der Waals surface area contributed by atoms with Crippen LogP contribution in [-0.2, 0) is 0 Å². The molecule has 0 saturated heterocycles. The molecule has 18 heavy (non-hydrogen) atoms. The minimum absolute atomic E-state index is 0.711. The Bertz CT molecular complexity index is 191. The first-order chi connectivity index (χ1) is 8.64. The molecule has 0 radical (unpaired) electrons. The Labute approximate surface area is 119 Å². The maximum absolute atomic E-state index is 5.80. The van der Waals surface area contributed by atoms with Gasteiger partial charge in [0, 0.05) is 0 Å². The Balaban J connectivity index is 4.66. The second kappa shape index (κ2) is 11.3. The van der Waals surface area contributed by atoms with Gasteiger partial charge in [0.05, 0.1) is 0 Å². The van der Waals surface area contributed by atoms with Gasteiger partial charge in [-0.25, -0.2) is 0 Å². The third-order valence-corrected chi connectivity index (χ3v) is 19.8. The number of hydrogen-bond acceptors (Lipinski definition) is 1. The van der Waals surface area contributed by atoms with Crippen LogP contribution in [0, 0.1) is 0 Å². The van der Waals surface area contributed by atoms with E-state index in [1.54, 1.807) is 13.3 Å². The van der Waals surface area contributed by atoms with Crippen LogP contribution in [-0.4, -0.2) is 24.9 Å². The van der Waals surface area contributed by atoms with Crippen LogP contribution in [0.2, 0.25) is 17.7 Å². The van der Waals surface area contributed by atoms with E-state index in [2.05, 4.69) is 27.4 Å². The van der Waals surface area contributed by atoms with Gasteiger partial charge in [-0.05, 0) is 0 Å². The summed E-state index contributed by atoms with van der Waals surface area (Å²) in [6.45, 7) is 11.9. The summed E-state index contributed by atoms with van der Waals surface area (Å²) in [4.78, 5) is 0. The molecule has 0 aromatic carbocycles. The molecule has 0 aliphatic heterocycles. The third-order valence-electron chi connectivity index (χ3n) is 4.10. The van der Waals surface area contributed by atoms with Crippen molar-refractivity contribution in [3.63, 3.8) is 0 Å². The Morgan fingerprint density at radius 1 is 0.889 bits per heavy atom. The molecular weight excluding hydrogens is 325 g/mol. The maximum atomic E-state index is 5.80. The molecule has 108 valence electrons. The average molecular weight is 360 g/mol. The van der Waals surface area contributed by atoms with Gasteiger partial charge >= 0.3 is 120 Å². The van der Waals surface area contributed by atoms with Gasteiger partial charge in [-0.3, -0.25) is 0 Å². The van der Waals surface area contributed by atoms with E-state index in [-0.39, 0.29) is 0 Å². The number of rotatable bonds is 12. The number of nitrogens with two attached hydrogens (primary N) is 1. The molecule has 0 atom stereocenters. The van der Waals surface area contributed by atoms with Crippen LogP contribution in [0.5, 0.6) is 0 Å². The molecule has 0 heterocycles. The second-order valence-corrected chi connectivity index (χ2v) is 19.8. The molecular formula is C16H35NSn. The van der Waals surface area contributed by atoms with Crippen LogP contribution < -0.4 is 5.73 Å². The first kappa shape index (κ1) is 18.5. The minimum atomic E-state index is -1.95.